The van der Waals surface area contributed by atoms with Gasteiger partial charge in [-0.15, -0.1) is 0 Å². The zero-order valence-corrected chi connectivity index (χ0v) is 24.6. The summed E-state index contributed by atoms with van der Waals surface area (Å²) in [4.78, 5) is 38.9. The van der Waals surface area contributed by atoms with Gasteiger partial charge < -0.3 is 19.9 Å². The number of hydrogen-bond donors (Lipinski definition) is 2. The molecule has 1 amide bonds. The maximum atomic E-state index is 14.8. The number of ether oxygens (including phenoxy) is 1. The lowest BCUT2D eigenvalue weighted by molar-refractivity contribution is -0.143. The van der Waals surface area contributed by atoms with Crippen LogP contribution in [0.1, 0.15) is 40.5 Å². The Bertz CT molecular complexity index is 1810. The van der Waals surface area contributed by atoms with Crippen LogP contribution in [0.3, 0.4) is 0 Å². The van der Waals surface area contributed by atoms with Crippen molar-refractivity contribution in [1.82, 2.24) is 9.88 Å². The molecule has 3 aromatic carbocycles. The van der Waals surface area contributed by atoms with Gasteiger partial charge in [-0.25, -0.2) is 18.0 Å². The minimum absolute atomic E-state index is 0.00244. The lowest BCUT2D eigenvalue weighted by atomic mass is 9.90. The average molecular weight is 634 g/mol. The van der Waals surface area contributed by atoms with Crippen molar-refractivity contribution in [3.05, 3.63) is 99.0 Å². The maximum Gasteiger partial charge on any atom is 0.417 e. The molecule has 0 radical (unpaired) electrons. The molecule has 0 saturated heterocycles. The Kier molecular flexibility index (Phi) is 9.59. The number of benzene rings is 3. The molecular weight excluding hydrogens is 604 g/mol. The Hall–Kier alpha value is -4.81. The highest BCUT2D eigenvalue weighted by atomic mass is 19.4. The van der Waals surface area contributed by atoms with Crippen molar-refractivity contribution in [2.45, 2.75) is 45.2 Å². The van der Waals surface area contributed by atoms with E-state index >= 15 is 0 Å². The molecule has 238 valence electrons. The standard InChI is InChI=1S/C32H29F6N3O4/c1-5-26(35)39-18-14-23(33)28(24(34)15-18)29(42)40-25(31(44)45-4)13-17-10-11-21(20-9-7-6-8-19(17)20)27-22(32(36,37)38)12-16(2)41(3)30(27)43/h6-12,14-15,25-26,39H,5,13H2,1-4H3,(H,40,42)/t25-,26+/m0/s1. The molecule has 2 N–H and O–H groups in total. The van der Waals surface area contributed by atoms with Crippen molar-refractivity contribution in [2.75, 3.05) is 12.4 Å². The van der Waals surface area contributed by atoms with Gasteiger partial charge in [0.05, 0.1) is 18.2 Å². The largest absolute Gasteiger partial charge is 0.467 e. The van der Waals surface area contributed by atoms with E-state index < -0.39 is 64.3 Å². The molecule has 4 aromatic rings. The second kappa shape index (κ2) is 13.0. The maximum absolute atomic E-state index is 14.8. The number of pyridine rings is 1. The first kappa shape index (κ1) is 33.1. The van der Waals surface area contributed by atoms with Crippen molar-refractivity contribution >= 4 is 28.3 Å². The van der Waals surface area contributed by atoms with E-state index in [-0.39, 0.29) is 35.2 Å². The molecule has 0 aliphatic heterocycles. The number of fused-ring (bicyclic) bond motifs is 1. The summed E-state index contributed by atoms with van der Waals surface area (Å²) in [7, 11) is 2.40. The van der Waals surface area contributed by atoms with Gasteiger partial charge in [0.2, 0.25) is 0 Å². The number of nitrogens with one attached hydrogen (secondary N) is 2. The van der Waals surface area contributed by atoms with Crippen LogP contribution < -0.4 is 16.2 Å². The van der Waals surface area contributed by atoms with Crippen LogP contribution in [0.5, 0.6) is 0 Å². The Morgan fingerprint density at radius 1 is 1.00 bits per heavy atom. The fourth-order valence-electron chi connectivity index (χ4n) is 5.00. The van der Waals surface area contributed by atoms with E-state index in [0.29, 0.717) is 10.9 Å². The monoisotopic (exact) mass is 633 g/mol. The highest BCUT2D eigenvalue weighted by Crippen LogP contribution is 2.39. The predicted molar refractivity (Wildman–Crippen MR) is 157 cm³/mol. The zero-order chi connectivity index (χ0) is 33.2. The Morgan fingerprint density at radius 2 is 1.62 bits per heavy atom. The molecule has 13 heteroatoms. The minimum Gasteiger partial charge on any atom is -0.467 e. The van der Waals surface area contributed by atoms with Crippen LogP contribution in [0.15, 0.2) is 59.4 Å². The molecule has 0 aliphatic rings. The number of carbonyl (C=O) groups is 2. The van der Waals surface area contributed by atoms with Crippen molar-refractivity contribution < 1.29 is 40.7 Å². The highest BCUT2D eigenvalue weighted by Gasteiger charge is 2.36. The first-order chi connectivity index (χ1) is 21.2. The second-order valence-electron chi connectivity index (χ2n) is 10.3. The minimum atomic E-state index is -4.84. The number of amides is 1. The average Bonchev–Trinajstić information content (AvgIpc) is 2.98. The molecule has 0 unspecified atom stereocenters. The van der Waals surface area contributed by atoms with E-state index in [0.717, 1.165) is 29.9 Å². The van der Waals surface area contributed by atoms with Crippen LogP contribution in [0, 0.1) is 18.6 Å². The molecule has 0 bridgehead atoms. The summed E-state index contributed by atoms with van der Waals surface area (Å²) >= 11 is 0. The summed E-state index contributed by atoms with van der Waals surface area (Å²) in [6.07, 6.45) is -6.69. The summed E-state index contributed by atoms with van der Waals surface area (Å²) in [6.45, 7) is 2.90. The third kappa shape index (κ3) is 6.81. The molecule has 1 aromatic heterocycles. The number of esters is 1. The third-order valence-electron chi connectivity index (χ3n) is 7.43. The quantitative estimate of drug-likeness (QED) is 0.126. The lowest BCUT2D eigenvalue weighted by Gasteiger charge is -2.20. The number of alkyl halides is 4. The van der Waals surface area contributed by atoms with Crippen molar-refractivity contribution in [3.8, 4) is 11.1 Å². The summed E-state index contributed by atoms with van der Waals surface area (Å²) < 4.78 is 91.5. The SMILES string of the molecule is CC[C@H](F)Nc1cc(F)c(C(=O)N[C@@H](Cc2ccc(-c3c(C(F)(F)F)cc(C)n(C)c3=O)c3ccccc23)C(=O)OC)c(F)c1. The number of aromatic nitrogens is 1. The van der Waals surface area contributed by atoms with Crippen LogP contribution in [-0.4, -0.2) is 35.9 Å². The van der Waals surface area contributed by atoms with Gasteiger partial charge in [-0.3, -0.25) is 9.59 Å². The van der Waals surface area contributed by atoms with Gasteiger partial charge >= 0.3 is 12.1 Å². The van der Waals surface area contributed by atoms with Crippen LogP contribution in [0.25, 0.3) is 21.9 Å². The molecular formula is C32H29F6N3O4. The number of rotatable bonds is 9. The van der Waals surface area contributed by atoms with Gasteiger partial charge in [-0.05, 0) is 53.4 Å². The number of aryl methyl sites for hydroxylation is 1. The number of nitrogens with zero attached hydrogens (tertiary/aromatic N) is 1. The molecule has 0 spiro atoms. The molecule has 0 saturated carbocycles. The smallest absolute Gasteiger partial charge is 0.417 e. The number of methoxy groups -OCH3 is 1. The summed E-state index contributed by atoms with van der Waals surface area (Å²) in [5, 5.41) is 5.14. The molecule has 2 atom stereocenters. The third-order valence-corrected chi connectivity index (χ3v) is 7.43. The first-order valence-electron chi connectivity index (χ1n) is 13.7. The normalized spacial score (nSPS) is 12.9. The summed E-state index contributed by atoms with van der Waals surface area (Å²) in [5.41, 5.74) is -3.31. The first-order valence-corrected chi connectivity index (χ1v) is 13.7. The van der Waals surface area contributed by atoms with Crippen LogP contribution in [0.2, 0.25) is 0 Å². The molecule has 7 nitrogen and oxygen atoms in total. The van der Waals surface area contributed by atoms with Gasteiger partial charge in [-0.2, -0.15) is 13.2 Å². The fourth-order valence-corrected chi connectivity index (χ4v) is 5.00. The lowest BCUT2D eigenvalue weighted by Crippen LogP contribution is -2.43. The Morgan fingerprint density at radius 3 is 2.20 bits per heavy atom. The van der Waals surface area contributed by atoms with Crippen molar-refractivity contribution in [2.24, 2.45) is 7.05 Å². The number of anilines is 1. The van der Waals surface area contributed by atoms with Gasteiger partial charge in [0.25, 0.3) is 11.5 Å². The van der Waals surface area contributed by atoms with E-state index in [1.165, 1.54) is 39.1 Å². The molecule has 4 rings (SSSR count). The number of hydrogen-bond acceptors (Lipinski definition) is 5. The van der Waals surface area contributed by atoms with Gasteiger partial charge in [0.15, 0.2) is 6.30 Å². The van der Waals surface area contributed by atoms with E-state index in [1.807, 2.05) is 0 Å². The molecule has 45 heavy (non-hydrogen) atoms. The summed E-state index contributed by atoms with van der Waals surface area (Å²) in [5.74, 6) is -4.88. The van der Waals surface area contributed by atoms with E-state index in [2.05, 4.69) is 10.6 Å². The molecule has 0 aliphatic carbocycles. The topological polar surface area (TPSA) is 89.4 Å². The second-order valence-corrected chi connectivity index (χ2v) is 10.3. The fraction of sp³-hybridized carbons (Fsp3) is 0.281. The summed E-state index contributed by atoms with van der Waals surface area (Å²) in [6, 6.07) is 9.85. The van der Waals surface area contributed by atoms with Gasteiger partial charge in [-0.1, -0.05) is 43.3 Å². The van der Waals surface area contributed by atoms with E-state index in [1.54, 1.807) is 18.2 Å². The van der Waals surface area contributed by atoms with Crippen molar-refractivity contribution in [1.29, 1.82) is 0 Å². The highest BCUT2D eigenvalue weighted by molar-refractivity contribution is 6.00. The van der Waals surface area contributed by atoms with Crippen LogP contribution in [-0.2, 0) is 29.2 Å². The molecule has 1 heterocycles. The van der Waals surface area contributed by atoms with Crippen molar-refractivity contribution in [3.63, 3.8) is 0 Å². The van der Waals surface area contributed by atoms with Gasteiger partial charge in [0, 0.05) is 24.8 Å². The van der Waals surface area contributed by atoms with Gasteiger partial charge in [0.1, 0.15) is 23.2 Å². The number of carbonyl (C=O) groups excluding carboxylic acids is 2. The van der Waals surface area contributed by atoms with E-state index in [4.69, 9.17) is 4.74 Å². The number of halogens is 6. The van der Waals surface area contributed by atoms with Crippen LogP contribution >= 0.6 is 0 Å². The zero-order valence-electron chi connectivity index (χ0n) is 24.6. The molecule has 0 fully saturated rings. The predicted octanol–water partition coefficient (Wildman–Crippen LogP) is 6.44. The van der Waals surface area contributed by atoms with E-state index in [9.17, 15) is 40.7 Å². The Balaban J connectivity index is 1.76. The van der Waals surface area contributed by atoms with Crippen LogP contribution in [0.4, 0.5) is 32.0 Å². The Labute approximate surface area is 253 Å².